The Labute approximate surface area is 242 Å². The van der Waals surface area contributed by atoms with Gasteiger partial charge in [0, 0.05) is 12.1 Å². The number of nitrogens with one attached hydrogen (secondary N) is 1. The van der Waals surface area contributed by atoms with Gasteiger partial charge in [0.05, 0.1) is 21.9 Å². The molecule has 0 fully saturated rings. The molecule has 0 spiro atoms. The number of halogens is 4. The van der Waals surface area contributed by atoms with Crippen LogP contribution in [0.5, 0.6) is 5.75 Å². The normalized spacial score (nSPS) is 10.8. The Morgan fingerprint density at radius 2 is 1.73 bits per heavy atom. The predicted molar refractivity (Wildman–Crippen MR) is 158 cm³/mol. The average molecular weight is 626 g/mol. The van der Waals surface area contributed by atoms with Gasteiger partial charge in [-0.25, -0.2) is 4.68 Å². The summed E-state index contributed by atoms with van der Waals surface area (Å²) in [5.74, 6) is 1.05. The number of phenolic OH excluding ortho intramolecular Hbond substituents is 1. The molecule has 1 aromatic heterocycles. The number of aromatic nitrogens is 2. The Morgan fingerprint density at radius 3 is 2.20 bits per heavy atom. The summed E-state index contributed by atoms with van der Waals surface area (Å²) in [6.07, 6.45) is 0.478. The van der Waals surface area contributed by atoms with Gasteiger partial charge in [0.15, 0.2) is 0 Å². The van der Waals surface area contributed by atoms with Gasteiger partial charge < -0.3 is 24.9 Å². The van der Waals surface area contributed by atoms with Crippen LogP contribution >= 0.6 is 15.9 Å². The zero-order valence-electron chi connectivity index (χ0n) is 23.1. The third-order valence-corrected chi connectivity index (χ3v) is 5.95. The van der Waals surface area contributed by atoms with Gasteiger partial charge in [0.1, 0.15) is 25.1 Å². The summed E-state index contributed by atoms with van der Waals surface area (Å²) >= 11 is 3.50. The van der Waals surface area contributed by atoms with Crippen molar-refractivity contribution < 1.29 is 27.9 Å². The summed E-state index contributed by atoms with van der Waals surface area (Å²) in [6, 6.07) is 12.4. The second-order valence-electron chi connectivity index (χ2n) is 8.51. The lowest BCUT2D eigenvalue weighted by Crippen LogP contribution is -2.23. The molecule has 2 N–H and O–H groups in total. The Hall–Kier alpha value is -3.70. The molecular weight excluding hydrogens is 589 g/mol. The lowest BCUT2D eigenvalue weighted by molar-refractivity contribution is -0.137. The van der Waals surface area contributed by atoms with E-state index in [1.807, 2.05) is 43.4 Å². The van der Waals surface area contributed by atoms with Crippen LogP contribution in [-0.2, 0) is 15.8 Å². The Kier molecular flexibility index (Phi) is 16.8. The van der Waals surface area contributed by atoms with E-state index in [-0.39, 0.29) is 5.75 Å². The summed E-state index contributed by atoms with van der Waals surface area (Å²) in [5, 5.41) is 17.9. The van der Waals surface area contributed by atoms with E-state index in [1.54, 1.807) is 31.3 Å². The van der Waals surface area contributed by atoms with Crippen LogP contribution in [-0.4, -0.2) is 60.5 Å². The number of benzene rings is 2. The van der Waals surface area contributed by atoms with E-state index in [0.29, 0.717) is 11.1 Å². The van der Waals surface area contributed by atoms with Crippen molar-refractivity contribution in [1.82, 2.24) is 20.0 Å². The molecule has 3 rings (SSSR count). The standard InChI is InChI=1S/C19H25BrN4O.C8H7F3.2CH2O/c1-14(16-8-5-6-9-18(16)25)12-19(21-10-7-11-23(3)4)24-15(2)17(20)13-22-24;1-6-3-2-4-7(5-6)8(9,10)11;2*1-2/h5-6,8-9,12-13,21,25H,1,7,10-11H2,2-4H3;2-5H,1H3;2*1H2/b19-12-;;;. The minimum absolute atomic E-state index is 0.217. The number of rotatable bonds is 8. The van der Waals surface area contributed by atoms with E-state index >= 15 is 0 Å². The highest BCUT2D eigenvalue weighted by Gasteiger charge is 2.29. The molecule has 1 heterocycles. The molecule has 7 nitrogen and oxygen atoms in total. The van der Waals surface area contributed by atoms with Gasteiger partial charge in [-0.15, -0.1) is 0 Å². The van der Waals surface area contributed by atoms with E-state index in [2.05, 4.69) is 51.9 Å². The van der Waals surface area contributed by atoms with E-state index in [9.17, 15) is 18.3 Å². The second-order valence-corrected chi connectivity index (χ2v) is 9.37. The minimum atomic E-state index is -4.22. The molecule has 0 aliphatic carbocycles. The number of aromatic hydroxyl groups is 1. The van der Waals surface area contributed by atoms with Crippen molar-refractivity contribution in [2.75, 3.05) is 27.2 Å². The molecule has 0 bridgehead atoms. The molecule has 0 radical (unpaired) electrons. The van der Waals surface area contributed by atoms with E-state index in [4.69, 9.17) is 9.59 Å². The van der Waals surface area contributed by atoms with Crippen molar-refractivity contribution in [1.29, 1.82) is 0 Å². The highest BCUT2D eigenvalue weighted by molar-refractivity contribution is 9.10. The summed E-state index contributed by atoms with van der Waals surface area (Å²) in [6.45, 7) is 13.6. The molecule has 0 aliphatic heterocycles. The average Bonchev–Trinajstić information content (AvgIpc) is 3.26. The van der Waals surface area contributed by atoms with Gasteiger partial charge in [-0.2, -0.15) is 18.3 Å². The Balaban J connectivity index is 0.000000844. The van der Waals surface area contributed by atoms with Crippen molar-refractivity contribution in [2.24, 2.45) is 0 Å². The van der Waals surface area contributed by atoms with Gasteiger partial charge >= 0.3 is 6.18 Å². The van der Waals surface area contributed by atoms with Crippen molar-refractivity contribution in [3.8, 4) is 5.75 Å². The van der Waals surface area contributed by atoms with E-state index in [1.165, 1.54) is 6.07 Å². The number of carbonyl (C=O) groups is 2. The van der Waals surface area contributed by atoms with E-state index < -0.39 is 11.7 Å². The third-order valence-electron chi connectivity index (χ3n) is 5.17. The molecule has 2 aromatic carbocycles. The number of alkyl halides is 3. The van der Waals surface area contributed by atoms with Crippen molar-refractivity contribution >= 4 is 40.9 Å². The second kappa shape index (κ2) is 18.6. The molecule has 0 atom stereocenters. The minimum Gasteiger partial charge on any atom is -0.507 e. The first kappa shape index (κ1) is 36.3. The van der Waals surface area contributed by atoms with Gasteiger partial charge in [-0.1, -0.05) is 48.5 Å². The van der Waals surface area contributed by atoms with Gasteiger partial charge in [-0.3, -0.25) is 0 Å². The molecule has 218 valence electrons. The summed E-state index contributed by atoms with van der Waals surface area (Å²) < 4.78 is 38.7. The monoisotopic (exact) mass is 624 g/mol. The maximum Gasteiger partial charge on any atom is 0.416 e. The molecule has 11 heteroatoms. The Morgan fingerprint density at radius 1 is 1.10 bits per heavy atom. The van der Waals surface area contributed by atoms with E-state index in [0.717, 1.165) is 53.2 Å². The number of aryl methyl sites for hydroxylation is 1. The molecule has 3 aromatic rings. The largest absolute Gasteiger partial charge is 0.507 e. The maximum atomic E-state index is 12.0. The number of para-hydroxylation sites is 1. The number of carbonyl (C=O) groups excluding carboxylic acids is 2. The van der Waals surface area contributed by atoms with Crippen molar-refractivity contribution in [3.63, 3.8) is 0 Å². The molecule has 0 saturated carbocycles. The maximum absolute atomic E-state index is 12.0. The predicted octanol–water partition coefficient (Wildman–Crippen LogP) is 6.36. The Bertz CT molecular complexity index is 1230. The highest BCUT2D eigenvalue weighted by Crippen LogP contribution is 2.29. The zero-order valence-corrected chi connectivity index (χ0v) is 24.7. The van der Waals surface area contributed by atoms with Gasteiger partial charge in [0.25, 0.3) is 0 Å². The third kappa shape index (κ3) is 12.4. The number of hydrogen-bond acceptors (Lipinski definition) is 6. The first-order valence-corrected chi connectivity index (χ1v) is 12.7. The number of phenols is 1. The number of allylic oxidation sites excluding steroid dienone is 2. The van der Waals surface area contributed by atoms with Crippen molar-refractivity contribution in [3.05, 3.63) is 94.2 Å². The van der Waals surface area contributed by atoms with Crippen LogP contribution in [0.25, 0.3) is 11.4 Å². The topological polar surface area (TPSA) is 87.5 Å². The molecule has 0 saturated heterocycles. The van der Waals surface area contributed by atoms with Gasteiger partial charge in [0.2, 0.25) is 0 Å². The number of nitrogens with zero attached hydrogens (tertiary/aromatic N) is 3. The fourth-order valence-electron chi connectivity index (χ4n) is 3.24. The van der Waals surface area contributed by atoms with Crippen LogP contribution < -0.4 is 5.32 Å². The molecule has 40 heavy (non-hydrogen) atoms. The zero-order chi connectivity index (χ0) is 30.9. The molecule has 0 aliphatic rings. The van der Waals surface area contributed by atoms with Crippen LogP contribution in [0.4, 0.5) is 13.2 Å². The van der Waals surface area contributed by atoms with Gasteiger partial charge in [-0.05, 0) is 80.6 Å². The summed E-state index contributed by atoms with van der Waals surface area (Å²) in [4.78, 5) is 18.2. The summed E-state index contributed by atoms with van der Waals surface area (Å²) in [7, 11) is 4.12. The molecular formula is C29H36BrF3N4O3. The lowest BCUT2D eigenvalue weighted by Gasteiger charge is -2.15. The first-order valence-electron chi connectivity index (χ1n) is 11.9. The van der Waals surface area contributed by atoms with Crippen LogP contribution in [0.2, 0.25) is 0 Å². The highest BCUT2D eigenvalue weighted by atomic mass is 79.9. The first-order chi connectivity index (χ1) is 18.9. The smallest absolute Gasteiger partial charge is 0.416 e. The fourth-order valence-corrected chi connectivity index (χ4v) is 3.50. The quantitative estimate of drug-likeness (QED) is 0.224. The SMILES string of the molecule is C=C(/C=C(/NCCCN(C)C)n1ncc(Br)c1C)c1ccccc1O.C=O.C=O.Cc1cccc(C(F)(F)F)c1. The lowest BCUT2D eigenvalue weighted by atomic mass is 10.1. The molecule has 0 unspecified atom stereocenters. The van der Waals surface area contributed by atoms with Crippen LogP contribution in [0.15, 0.2) is 71.9 Å². The van der Waals surface area contributed by atoms with Crippen LogP contribution in [0.3, 0.4) is 0 Å². The summed E-state index contributed by atoms with van der Waals surface area (Å²) in [5.41, 5.74) is 2.46. The molecule has 0 amide bonds. The number of hydrogen-bond donors (Lipinski definition) is 2. The van der Waals surface area contributed by atoms with Crippen molar-refractivity contribution in [2.45, 2.75) is 26.4 Å². The fraction of sp³-hybridized carbons (Fsp3) is 0.276. The van der Waals surface area contributed by atoms with Crippen LogP contribution in [0.1, 0.15) is 28.8 Å². The van der Waals surface area contributed by atoms with Crippen LogP contribution in [0, 0.1) is 13.8 Å².